The molecule has 2 rings (SSSR count). The van der Waals surface area contributed by atoms with E-state index in [1.54, 1.807) is 24.3 Å². The van der Waals surface area contributed by atoms with Crippen molar-refractivity contribution >= 4 is 0 Å². The molecule has 20 heavy (non-hydrogen) atoms. The molecule has 0 atom stereocenters. The molecule has 0 saturated heterocycles. The van der Waals surface area contributed by atoms with Crippen LogP contribution in [0.25, 0.3) is 0 Å². The Bertz CT molecular complexity index is 413. The van der Waals surface area contributed by atoms with Crippen LogP contribution in [0.4, 0.5) is 0 Å². The predicted octanol–water partition coefficient (Wildman–Crippen LogP) is -1.65. The maximum Gasteiger partial charge on any atom is 3.00 e. The molecule has 0 fully saturated rings. The van der Waals surface area contributed by atoms with E-state index in [0.29, 0.717) is 5.75 Å². The first-order valence-electron chi connectivity index (χ1n) is 5.88. The predicted molar refractivity (Wildman–Crippen MR) is 73.8 cm³/mol. The third-order valence-electron chi connectivity index (χ3n) is 3.57. The zero-order chi connectivity index (χ0) is 13.0. The van der Waals surface area contributed by atoms with Crippen LogP contribution in [0.3, 0.4) is 0 Å². The standard InChI is InChI=1S/C10H15.C6H6O.2ClH.Zr/c1-6-7(2)9(4)10(5)8(6)3;7-6-4-2-1-3-5-6;;;/h1-5H3;1-5,7H;2*1H;/q-1;;;;+3/p-2. The van der Waals surface area contributed by atoms with Gasteiger partial charge < -0.3 is 29.9 Å². The Hall–Kier alpha value is -0.167. The monoisotopic (exact) mass is 389 g/mol. The number of hydrogen-bond donors (Lipinski definition) is 1. The first kappa shape index (κ1) is 24.8. The molecule has 0 saturated carbocycles. The molecule has 1 nitrogen and oxygen atoms in total. The second kappa shape index (κ2) is 11.5. The van der Waals surface area contributed by atoms with Gasteiger partial charge in [-0.2, -0.15) is 27.8 Å². The van der Waals surface area contributed by atoms with Crippen molar-refractivity contribution < 1.29 is 56.1 Å². The van der Waals surface area contributed by atoms with Gasteiger partial charge in [0.25, 0.3) is 0 Å². The summed E-state index contributed by atoms with van der Waals surface area (Å²) in [5, 5.41) is 8.63. The summed E-state index contributed by atoms with van der Waals surface area (Å²) in [6.07, 6.45) is 0. The first-order valence-corrected chi connectivity index (χ1v) is 5.88. The largest absolute Gasteiger partial charge is 3.00 e. The summed E-state index contributed by atoms with van der Waals surface area (Å²) in [4.78, 5) is 0. The van der Waals surface area contributed by atoms with E-state index in [4.69, 9.17) is 5.11 Å². The smallest absolute Gasteiger partial charge is 1.00 e. The fourth-order valence-electron chi connectivity index (χ4n) is 1.83. The summed E-state index contributed by atoms with van der Waals surface area (Å²) in [5.41, 5.74) is 7.34. The minimum Gasteiger partial charge on any atom is -1.00 e. The molecule has 0 aromatic heterocycles. The molecule has 0 amide bonds. The summed E-state index contributed by atoms with van der Waals surface area (Å²) in [5.74, 6) is 0.322. The van der Waals surface area contributed by atoms with Crippen molar-refractivity contribution in [3.63, 3.8) is 0 Å². The Kier molecular flexibility index (Phi) is 14.3. The van der Waals surface area contributed by atoms with E-state index >= 15 is 0 Å². The molecule has 2 aromatic rings. The van der Waals surface area contributed by atoms with E-state index in [-0.39, 0.29) is 51.0 Å². The molecule has 2 aromatic carbocycles. The molecule has 109 valence electrons. The SMILES string of the molecule is Cc1c(C)c(C)[c-](C)c1C.Oc1ccccc1.[Cl-].[Cl-].[Zr+3]. The molecule has 0 bridgehead atoms. The number of rotatable bonds is 0. The van der Waals surface area contributed by atoms with Crippen LogP contribution in [-0.4, -0.2) is 5.11 Å². The summed E-state index contributed by atoms with van der Waals surface area (Å²) in [7, 11) is 0. The Morgan fingerprint density at radius 1 is 0.800 bits per heavy atom. The van der Waals surface area contributed by atoms with Gasteiger partial charge in [-0.3, -0.25) is 0 Å². The molecule has 1 N–H and O–H groups in total. The molecule has 0 aliphatic rings. The number of phenolic OH excluding ortho intramolecular Hbond substituents is 1. The third kappa shape index (κ3) is 6.52. The van der Waals surface area contributed by atoms with Gasteiger partial charge in [0, 0.05) is 0 Å². The van der Waals surface area contributed by atoms with Gasteiger partial charge in [0.2, 0.25) is 0 Å². The number of phenols is 1. The van der Waals surface area contributed by atoms with Crippen molar-refractivity contribution in [3.05, 3.63) is 58.1 Å². The van der Waals surface area contributed by atoms with Gasteiger partial charge in [0.05, 0.1) is 0 Å². The number of para-hydroxylation sites is 1. The molecule has 0 aliphatic carbocycles. The van der Waals surface area contributed by atoms with Gasteiger partial charge in [0.1, 0.15) is 5.75 Å². The minimum atomic E-state index is 0. The summed E-state index contributed by atoms with van der Waals surface area (Å²) in [6, 6.07) is 8.71. The summed E-state index contributed by atoms with van der Waals surface area (Å²) < 4.78 is 0. The van der Waals surface area contributed by atoms with Crippen LogP contribution < -0.4 is 24.8 Å². The molecule has 0 unspecified atom stereocenters. The fourth-order valence-corrected chi connectivity index (χ4v) is 1.83. The number of benzene rings is 1. The molecule has 0 spiro atoms. The molecular formula is C16H21Cl2OZr. The second-order valence-electron chi connectivity index (χ2n) is 4.46. The van der Waals surface area contributed by atoms with Crippen molar-refractivity contribution in [3.8, 4) is 5.75 Å². The minimum absolute atomic E-state index is 0. The quantitative estimate of drug-likeness (QED) is 0.534. The van der Waals surface area contributed by atoms with Crippen LogP contribution in [0.15, 0.2) is 30.3 Å². The van der Waals surface area contributed by atoms with Crippen LogP contribution in [0.2, 0.25) is 0 Å². The molecule has 0 aliphatic heterocycles. The van der Waals surface area contributed by atoms with Crippen molar-refractivity contribution in [2.45, 2.75) is 34.6 Å². The third-order valence-corrected chi connectivity index (χ3v) is 3.57. The van der Waals surface area contributed by atoms with Gasteiger partial charge >= 0.3 is 26.2 Å². The van der Waals surface area contributed by atoms with E-state index < -0.39 is 0 Å². The number of hydrogen-bond acceptors (Lipinski definition) is 1. The second-order valence-corrected chi connectivity index (χ2v) is 4.46. The number of halogens is 2. The average molecular weight is 391 g/mol. The first-order chi connectivity index (χ1) is 7.95. The Labute approximate surface area is 154 Å². The van der Waals surface area contributed by atoms with Crippen LogP contribution in [-0.2, 0) is 26.2 Å². The van der Waals surface area contributed by atoms with E-state index in [1.807, 2.05) is 6.07 Å². The van der Waals surface area contributed by atoms with Crippen LogP contribution in [0, 0.1) is 34.6 Å². The average Bonchev–Trinajstić information content (AvgIpc) is 2.49. The van der Waals surface area contributed by atoms with Crippen LogP contribution in [0.5, 0.6) is 5.75 Å². The van der Waals surface area contributed by atoms with Crippen molar-refractivity contribution in [1.29, 1.82) is 0 Å². The van der Waals surface area contributed by atoms with Gasteiger partial charge in [-0.05, 0) is 12.1 Å². The Balaban J connectivity index is -0.000000262. The van der Waals surface area contributed by atoms with E-state index in [2.05, 4.69) is 34.6 Å². The molecule has 4 heteroatoms. The van der Waals surface area contributed by atoms with Gasteiger partial charge in [-0.15, -0.1) is 0 Å². The summed E-state index contributed by atoms with van der Waals surface area (Å²) in [6.45, 7) is 11.0. The maximum atomic E-state index is 8.63. The van der Waals surface area contributed by atoms with Crippen LogP contribution >= 0.6 is 0 Å². The Morgan fingerprint density at radius 2 is 1.15 bits per heavy atom. The topological polar surface area (TPSA) is 20.2 Å². The van der Waals surface area contributed by atoms with E-state index in [0.717, 1.165) is 0 Å². The van der Waals surface area contributed by atoms with Crippen molar-refractivity contribution in [2.75, 3.05) is 0 Å². The normalized spacial score (nSPS) is 8.25. The van der Waals surface area contributed by atoms with E-state index in [1.165, 1.54) is 27.8 Å². The van der Waals surface area contributed by atoms with Crippen molar-refractivity contribution in [2.24, 2.45) is 0 Å². The number of aromatic hydroxyl groups is 1. The summed E-state index contributed by atoms with van der Waals surface area (Å²) >= 11 is 0. The zero-order valence-corrected chi connectivity index (χ0v) is 16.6. The van der Waals surface area contributed by atoms with E-state index in [9.17, 15) is 0 Å². The van der Waals surface area contributed by atoms with Gasteiger partial charge in [-0.25, -0.2) is 0 Å². The molecule has 1 radical (unpaired) electrons. The van der Waals surface area contributed by atoms with Gasteiger partial charge in [0.15, 0.2) is 0 Å². The van der Waals surface area contributed by atoms with Gasteiger partial charge in [-0.1, -0.05) is 52.8 Å². The zero-order valence-electron chi connectivity index (χ0n) is 12.6. The maximum absolute atomic E-state index is 8.63. The molecule has 0 heterocycles. The molecular weight excluding hydrogens is 370 g/mol. The van der Waals surface area contributed by atoms with Crippen LogP contribution in [0.1, 0.15) is 27.8 Å². The van der Waals surface area contributed by atoms with Crippen molar-refractivity contribution in [1.82, 2.24) is 0 Å². The fraction of sp³-hybridized carbons (Fsp3) is 0.312. The Morgan fingerprint density at radius 3 is 1.30 bits per heavy atom.